The Labute approximate surface area is 205 Å². The molecule has 0 saturated carbocycles. The number of nitrogens with zero attached hydrogens (tertiary/aromatic N) is 3. The van der Waals surface area contributed by atoms with Crippen LogP contribution in [0.4, 0.5) is 13.2 Å². The molecule has 7 nitrogen and oxygen atoms in total. The van der Waals surface area contributed by atoms with Crippen molar-refractivity contribution in [3.63, 3.8) is 0 Å². The fraction of sp³-hybridized carbons (Fsp3) is 0.231. The summed E-state index contributed by atoms with van der Waals surface area (Å²) >= 11 is 0. The second-order valence-electron chi connectivity index (χ2n) is 8.49. The van der Waals surface area contributed by atoms with Gasteiger partial charge in [-0.2, -0.15) is 0 Å². The summed E-state index contributed by atoms with van der Waals surface area (Å²) in [6.45, 7) is 3.54. The Morgan fingerprint density at radius 3 is 2.58 bits per heavy atom. The number of halogens is 3. The van der Waals surface area contributed by atoms with Gasteiger partial charge in [-0.3, -0.25) is 9.69 Å². The lowest BCUT2D eigenvalue weighted by Gasteiger charge is -2.42. The molecule has 3 heterocycles. The van der Waals surface area contributed by atoms with Crippen molar-refractivity contribution in [1.82, 2.24) is 14.5 Å². The maximum Gasteiger partial charge on any atom is 0.294 e. The molecule has 0 radical (unpaired) electrons. The molecule has 1 aromatic heterocycles. The summed E-state index contributed by atoms with van der Waals surface area (Å²) in [5, 5.41) is 0. The summed E-state index contributed by atoms with van der Waals surface area (Å²) < 4.78 is 60.1. The van der Waals surface area contributed by atoms with E-state index >= 15 is 0 Å². The summed E-state index contributed by atoms with van der Waals surface area (Å²) in [7, 11) is 1.54. The fourth-order valence-electron chi connectivity index (χ4n) is 4.32. The molecule has 0 bridgehead atoms. The molecular formula is C26H22F3N3O4. The van der Waals surface area contributed by atoms with E-state index in [9.17, 15) is 18.0 Å². The second-order valence-corrected chi connectivity index (χ2v) is 8.49. The number of carbonyl (C=O) groups excluding carboxylic acids is 1. The van der Waals surface area contributed by atoms with Crippen molar-refractivity contribution in [1.29, 1.82) is 0 Å². The molecule has 5 rings (SSSR count). The number of aromatic nitrogens is 2. The first kappa shape index (κ1) is 23.5. The minimum Gasteiger partial charge on any atom is -0.497 e. The monoisotopic (exact) mass is 497 g/mol. The highest BCUT2D eigenvalue weighted by atomic mass is 19.2. The molecule has 0 spiro atoms. The summed E-state index contributed by atoms with van der Waals surface area (Å²) in [5.41, 5.74) is 2.72. The van der Waals surface area contributed by atoms with Gasteiger partial charge < -0.3 is 18.8 Å². The Bertz CT molecular complexity index is 1390. The molecule has 1 fully saturated rings. The molecule has 1 saturated heterocycles. The molecule has 2 aliphatic heterocycles. The Hall–Kier alpha value is -4.21. The molecule has 2 aromatic carbocycles. The van der Waals surface area contributed by atoms with Crippen LogP contribution in [0.2, 0.25) is 0 Å². The van der Waals surface area contributed by atoms with Crippen LogP contribution >= 0.6 is 0 Å². The van der Waals surface area contributed by atoms with Crippen molar-refractivity contribution >= 4 is 12.0 Å². The summed E-state index contributed by atoms with van der Waals surface area (Å²) in [6, 6.07) is 6.25. The molecular weight excluding hydrogens is 475 g/mol. The van der Waals surface area contributed by atoms with E-state index in [4.69, 9.17) is 14.2 Å². The third kappa shape index (κ3) is 4.08. The standard InChI is InChI=1S/C26H22F3N3O4/c1-14-10-31(13-30-14)20-5-4-16(6-23(20)34-3)7-24-26(33)32-21(15(2)36-24)11-35-12-22(32)17-8-18(27)25(29)19(28)9-17/h4-11,13,15,22H,12H2,1-3H3/t15-,22+/m1/s1. The Morgan fingerprint density at radius 1 is 1.17 bits per heavy atom. The zero-order chi connectivity index (χ0) is 25.6. The van der Waals surface area contributed by atoms with Gasteiger partial charge in [0.05, 0.1) is 36.6 Å². The van der Waals surface area contributed by atoms with Crippen LogP contribution in [0.1, 0.15) is 29.8 Å². The van der Waals surface area contributed by atoms with Gasteiger partial charge in [0, 0.05) is 6.20 Å². The minimum atomic E-state index is -1.57. The molecule has 3 aromatic rings. The van der Waals surface area contributed by atoms with E-state index in [0.29, 0.717) is 17.0 Å². The highest BCUT2D eigenvalue weighted by Crippen LogP contribution is 2.38. The van der Waals surface area contributed by atoms with Gasteiger partial charge >= 0.3 is 0 Å². The lowest BCUT2D eigenvalue weighted by Crippen LogP contribution is -2.47. The van der Waals surface area contributed by atoms with E-state index < -0.39 is 35.5 Å². The zero-order valence-electron chi connectivity index (χ0n) is 19.7. The van der Waals surface area contributed by atoms with Crippen LogP contribution in [0, 0.1) is 24.4 Å². The van der Waals surface area contributed by atoms with E-state index in [0.717, 1.165) is 23.5 Å². The van der Waals surface area contributed by atoms with Crippen molar-refractivity contribution in [3.8, 4) is 11.4 Å². The van der Waals surface area contributed by atoms with Crippen LogP contribution in [0.25, 0.3) is 11.8 Å². The van der Waals surface area contributed by atoms with Crippen molar-refractivity contribution < 1.29 is 32.2 Å². The predicted molar refractivity (Wildman–Crippen MR) is 123 cm³/mol. The molecule has 36 heavy (non-hydrogen) atoms. The van der Waals surface area contributed by atoms with Gasteiger partial charge in [0.1, 0.15) is 24.7 Å². The molecule has 2 atom stereocenters. The third-order valence-corrected chi connectivity index (χ3v) is 6.08. The highest BCUT2D eigenvalue weighted by Gasteiger charge is 2.41. The minimum absolute atomic E-state index is 0.0304. The number of benzene rings is 2. The predicted octanol–water partition coefficient (Wildman–Crippen LogP) is 4.81. The number of fused-ring (bicyclic) bond motifs is 1. The van der Waals surface area contributed by atoms with E-state index in [1.165, 1.54) is 11.2 Å². The number of imidazole rings is 1. The van der Waals surface area contributed by atoms with E-state index in [2.05, 4.69) is 4.98 Å². The first-order valence-corrected chi connectivity index (χ1v) is 11.1. The molecule has 2 aliphatic rings. The first-order valence-electron chi connectivity index (χ1n) is 11.1. The van der Waals surface area contributed by atoms with E-state index in [1.54, 1.807) is 38.6 Å². The Kier molecular flexibility index (Phi) is 5.95. The van der Waals surface area contributed by atoms with Gasteiger partial charge in [-0.1, -0.05) is 6.07 Å². The van der Waals surface area contributed by atoms with Crippen LogP contribution in [0.15, 0.2) is 60.6 Å². The van der Waals surface area contributed by atoms with Crippen molar-refractivity contribution in [2.24, 2.45) is 0 Å². The summed E-state index contributed by atoms with van der Waals surface area (Å²) in [6.07, 6.45) is 5.89. The van der Waals surface area contributed by atoms with E-state index in [-0.39, 0.29) is 17.9 Å². The average Bonchev–Trinajstić information content (AvgIpc) is 3.30. The zero-order valence-corrected chi connectivity index (χ0v) is 19.7. The number of morpholine rings is 1. The van der Waals surface area contributed by atoms with E-state index in [1.807, 2.05) is 23.8 Å². The lowest BCUT2D eigenvalue weighted by atomic mass is 10.0. The normalized spacial score (nSPS) is 20.5. The smallest absolute Gasteiger partial charge is 0.294 e. The van der Waals surface area contributed by atoms with Crippen LogP contribution < -0.4 is 4.74 Å². The number of rotatable bonds is 4. The maximum atomic E-state index is 14.0. The number of hydrogen-bond donors (Lipinski definition) is 0. The van der Waals surface area contributed by atoms with Crippen LogP contribution in [-0.2, 0) is 14.3 Å². The Balaban J connectivity index is 1.51. The fourth-order valence-corrected chi connectivity index (χ4v) is 4.32. The number of amides is 1. The number of carbonyl (C=O) groups is 1. The van der Waals surface area contributed by atoms with Crippen LogP contribution in [0.3, 0.4) is 0 Å². The molecule has 186 valence electrons. The molecule has 1 amide bonds. The largest absolute Gasteiger partial charge is 0.497 e. The summed E-state index contributed by atoms with van der Waals surface area (Å²) in [4.78, 5) is 19.1. The van der Waals surface area contributed by atoms with Gasteiger partial charge in [-0.15, -0.1) is 0 Å². The number of methoxy groups -OCH3 is 1. The van der Waals surface area contributed by atoms with Gasteiger partial charge in [0.2, 0.25) is 0 Å². The molecule has 0 aliphatic carbocycles. The second kappa shape index (κ2) is 9.10. The molecule has 0 N–H and O–H groups in total. The maximum absolute atomic E-state index is 14.0. The number of aryl methyl sites for hydroxylation is 1. The van der Waals surface area contributed by atoms with Crippen LogP contribution in [0.5, 0.6) is 5.75 Å². The summed E-state index contributed by atoms with van der Waals surface area (Å²) in [5.74, 6) is -4.19. The topological polar surface area (TPSA) is 65.8 Å². The third-order valence-electron chi connectivity index (χ3n) is 6.08. The highest BCUT2D eigenvalue weighted by molar-refractivity contribution is 5.98. The molecule has 0 unspecified atom stereocenters. The van der Waals surface area contributed by atoms with Gasteiger partial charge in [-0.05, 0) is 55.3 Å². The number of hydrogen-bond acceptors (Lipinski definition) is 5. The molecule has 10 heteroatoms. The van der Waals surface area contributed by atoms with Gasteiger partial charge in [0.25, 0.3) is 5.91 Å². The van der Waals surface area contributed by atoms with Crippen LogP contribution in [-0.4, -0.2) is 40.2 Å². The average molecular weight is 497 g/mol. The van der Waals surface area contributed by atoms with Crippen molar-refractivity contribution in [2.45, 2.75) is 26.0 Å². The Morgan fingerprint density at radius 2 is 1.92 bits per heavy atom. The first-order chi connectivity index (χ1) is 17.3. The van der Waals surface area contributed by atoms with Crippen molar-refractivity contribution in [2.75, 3.05) is 13.7 Å². The lowest BCUT2D eigenvalue weighted by molar-refractivity contribution is -0.140. The number of ether oxygens (including phenoxy) is 3. The quantitative estimate of drug-likeness (QED) is 0.383. The SMILES string of the molecule is COc1cc(C=C2O[C@H](C)C3=COC[C@@H](c4cc(F)c(F)c(F)c4)N3C2=O)ccc1-n1cnc(C)c1. The van der Waals surface area contributed by atoms with Gasteiger partial charge in [-0.25, -0.2) is 18.2 Å². The van der Waals surface area contributed by atoms with Gasteiger partial charge in [0.15, 0.2) is 23.2 Å². The van der Waals surface area contributed by atoms with Crippen molar-refractivity contribution in [3.05, 3.63) is 94.8 Å².